The van der Waals surface area contributed by atoms with E-state index in [0.29, 0.717) is 29.7 Å². The van der Waals surface area contributed by atoms with Crippen LogP contribution in [0.2, 0.25) is 0 Å². The van der Waals surface area contributed by atoms with E-state index in [9.17, 15) is 29.4 Å². The average molecular weight is 573 g/mol. The van der Waals surface area contributed by atoms with Crippen molar-refractivity contribution in [2.75, 3.05) is 5.32 Å². The zero-order chi connectivity index (χ0) is 31.2. The summed E-state index contributed by atoms with van der Waals surface area (Å²) in [4.78, 5) is 50.3. The van der Waals surface area contributed by atoms with Crippen molar-refractivity contribution in [2.24, 2.45) is 0 Å². The van der Waals surface area contributed by atoms with Gasteiger partial charge in [0.2, 0.25) is 0 Å². The van der Waals surface area contributed by atoms with Crippen molar-refractivity contribution in [3.8, 4) is 11.1 Å². The van der Waals surface area contributed by atoms with E-state index in [2.05, 4.69) is 31.4 Å². The Morgan fingerprint density at radius 1 is 0.619 bits per heavy atom. The fourth-order valence-corrected chi connectivity index (χ4v) is 4.78. The van der Waals surface area contributed by atoms with Gasteiger partial charge in [0.15, 0.2) is 0 Å². The normalized spacial score (nSPS) is 11.6. The molecule has 222 valence electrons. The van der Waals surface area contributed by atoms with Crippen molar-refractivity contribution in [1.29, 1.82) is 0 Å². The number of carboxylic acids is 2. The quantitative estimate of drug-likeness (QED) is 0.179. The first-order chi connectivity index (χ1) is 19.8. The Hall–Kier alpha value is -4.46. The predicted octanol–water partition coefficient (Wildman–Crippen LogP) is 7.39. The Morgan fingerprint density at radius 3 is 1.48 bits per heavy atom. The summed E-state index contributed by atoms with van der Waals surface area (Å²) in [5.41, 5.74) is 1.60. The molecule has 0 aliphatic heterocycles. The summed E-state index contributed by atoms with van der Waals surface area (Å²) in [5, 5.41) is 25.5. The SMILES string of the molecule is CCC(C)(CC)NC(=O)c1ccc(-c2ccc(C(=O)Nc3ccc(C(C)(CC)CC)cc3)c(C(=O)O)c2)cc1C(=O)O. The summed E-state index contributed by atoms with van der Waals surface area (Å²) >= 11 is 0. The molecule has 0 saturated heterocycles. The van der Waals surface area contributed by atoms with Crippen LogP contribution in [0.25, 0.3) is 11.1 Å². The lowest BCUT2D eigenvalue weighted by Crippen LogP contribution is -2.45. The Kier molecular flexibility index (Phi) is 9.94. The molecular formula is C34H40N2O6. The van der Waals surface area contributed by atoms with Gasteiger partial charge in [-0.1, -0.05) is 58.9 Å². The molecule has 0 aliphatic rings. The number of rotatable bonds is 12. The maximum Gasteiger partial charge on any atom is 0.336 e. The van der Waals surface area contributed by atoms with Crippen LogP contribution in [-0.4, -0.2) is 39.5 Å². The highest BCUT2D eigenvalue weighted by molar-refractivity contribution is 6.11. The van der Waals surface area contributed by atoms with Gasteiger partial charge in [0.25, 0.3) is 11.8 Å². The minimum absolute atomic E-state index is 0.0121. The molecule has 0 spiro atoms. The van der Waals surface area contributed by atoms with Gasteiger partial charge in [-0.2, -0.15) is 0 Å². The molecule has 3 aromatic carbocycles. The third kappa shape index (κ3) is 6.87. The topological polar surface area (TPSA) is 133 Å². The average Bonchev–Trinajstić information content (AvgIpc) is 3.00. The van der Waals surface area contributed by atoms with Crippen molar-refractivity contribution in [3.05, 3.63) is 88.5 Å². The number of carboxylic acid groups (broad SMARTS) is 2. The van der Waals surface area contributed by atoms with Gasteiger partial charge >= 0.3 is 11.9 Å². The highest BCUT2D eigenvalue weighted by Gasteiger charge is 2.26. The van der Waals surface area contributed by atoms with Gasteiger partial charge in [-0.05, 0) is 91.1 Å². The minimum atomic E-state index is -1.30. The van der Waals surface area contributed by atoms with Gasteiger partial charge in [0.1, 0.15) is 0 Å². The van der Waals surface area contributed by atoms with Gasteiger partial charge in [-0.15, -0.1) is 0 Å². The minimum Gasteiger partial charge on any atom is -0.478 e. The standard InChI is InChI=1S/C34H40N2O6/c1-7-33(5,8-2)23-13-15-24(16-14-23)35-29(37)25-17-11-21(19-27(25)31(39)40)22-12-18-26(28(20-22)32(41)42)30(38)36-34(6,9-3)10-4/h11-20H,7-10H2,1-6H3,(H,35,37)(H,36,38)(H,39,40)(H,41,42). The van der Waals surface area contributed by atoms with E-state index >= 15 is 0 Å². The van der Waals surface area contributed by atoms with Gasteiger partial charge in [0, 0.05) is 11.2 Å². The summed E-state index contributed by atoms with van der Waals surface area (Å²) in [6.45, 7) is 12.3. The fourth-order valence-electron chi connectivity index (χ4n) is 4.78. The maximum atomic E-state index is 13.1. The Bertz CT molecular complexity index is 1480. The molecule has 0 fully saturated rings. The van der Waals surface area contributed by atoms with E-state index in [1.807, 2.05) is 32.9 Å². The smallest absolute Gasteiger partial charge is 0.336 e. The Labute approximate surface area is 247 Å². The lowest BCUT2D eigenvalue weighted by molar-refractivity contribution is 0.0682. The lowest BCUT2D eigenvalue weighted by Gasteiger charge is -2.28. The van der Waals surface area contributed by atoms with Crippen LogP contribution in [-0.2, 0) is 5.41 Å². The van der Waals surface area contributed by atoms with Crippen molar-refractivity contribution in [2.45, 2.75) is 78.2 Å². The van der Waals surface area contributed by atoms with E-state index in [1.165, 1.54) is 24.3 Å². The second-order valence-corrected chi connectivity index (χ2v) is 11.2. The molecule has 2 amide bonds. The second kappa shape index (κ2) is 13.0. The van der Waals surface area contributed by atoms with Crippen molar-refractivity contribution >= 4 is 29.4 Å². The summed E-state index contributed by atoms with van der Waals surface area (Å²) in [5.74, 6) is -3.65. The monoisotopic (exact) mass is 572 g/mol. The fraction of sp³-hybridized carbons (Fsp3) is 0.353. The van der Waals surface area contributed by atoms with Crippen LogP contribution in [0.3, 0.4) is 0 Å². The van der Waals surface area contributed by atoms with Crippen molar-refractivity contribution in [3.63, 3.8) is 0 Å². The molecule has 3 rings (SSSR count). The van der Waals surface area contributed by atoms with Gasteiger partial charge < -0.3 is 20.8 Å². The highest BCUT2D eigenvalue weighted by atomic mass is 16.4. The highest BCUT2D eigenvalue weighted by Crippen LogP contribution is 2.32. The van der Waals surface area contributed by atoms with Crippen molar-refractivity contribution in [1.82, 2.24) is 5.32 Å². The zero-order valence-electron chi connectivity index (χ0n) is 25.1. The summed E-state index contributed by atoms with van der Waals surface area (Å²) in [7, 11) is 0. The van der Waals surface area contributed by atoms with Crippen LogP contribution in [0.4, 0.5) is 5.69 Å². The molecule has 42 heavy (non-hydrogen) atoms. The number of amides is 2. The van der Waals surface area contributed by atoms with Gasteiger partial charge in [-0.3, -0.25) is 9.59 Å². The number of carbonyl (C=O) groups is 4. The molecule has 0 bridgehead atoms. The van der Waals surface area contributed by atoms with E-state index in [4.69, 9.17) is 0 Å². The molecule has 8 nitrogen and oxygen atoms in total. The summed E-state index contributed by atoms with van der Waals surface area (Å²) in [6.07, 6.45) is 3.31. The largest absolute Gasteiger partial charge is 0.478 e. The molecule has 4 N–H and O–H groups in total. The summed E-state index contributed by atoms with van der Waals surface area (Å²) < 4.78 is 0. The molecule has 0 saturated carbocycles. The molecule has 3 aromatic rings. The first-order valence-corrected chi connectivity index (χ1v) is 14.3. The second-order valence-electron chi connectivity index (χ2n) is 11.2. The first kappa shape index (κ1) is 32.1. The first-order valence-electron chi connectivity index (χ1n) is 14.3. The van der Waals surface area contributed by atoms with E-state index < -0.39 is 29.3 Å². The van der Waals surface area contributed by atoms with Gasteiger partial charge in [-0.25, -0.2) is 9.59 Å². The van der Waals surface area contributed by atoms with Crippen LogP contribution in [0, 0.1) is 0 Å². The predicted molar refractivity (Wildman–Crippen MR) is 165 cm³/mol. The molecule has 0 atom stereocenters. The number of benzene rings is 3. The van der Waals surface area contributed by atoms with Gasteiger partial charge in [0.05, 0.1) is 22.3 Å². The third-order valence-electron chi connectivity index (χ3n) is 8.70. The number of nitrogens with one attached hydrogen (secondary N) is 2. The van der Waals surface area contributed by atoms with Crippen LogP contribution in [0.5, 0.6) is 0 Å². The number of carbonyl (C=O) groups excluding carboxylic acids is 2. The van der Waals surface area contributed by atoms with E-state index in [-0.39, 0.29) is 27.7 Å². The maximum absolute atomic E-state index is 13.1. The number of aromatic carboxylic acids is 2. The number of anilines is 1. The molecular weight excluding hydrogens is 532 g/mol. The Balaban J connectivity index is 1.92. The molecule has 8 heteroatoms. The number of hydrogen-bond acceptors (Lipinski definition) is 4. The van der Waals surface area contributed by atoms with E-state index in [0.717, 1.165) is 18.4 Å². The van der Waals surface area contributed by atoms with Crippen LogP contribution >= 0.6 is 0 Å². The van der Waals surface area contributed by atoms with Crippen LogP contribution in [0.15, 0.2) is 60.7 Å². The third-order valence-corrected chi connectivity index (χ3v) is 8.70. The van der Waals surface area contributed by atoms with Crippen molar-refractivity contribution < 1.29 is 29.4 Å². The zero-order valence-corrected chi connectivity index (χ0v) is 25.1. The van der Waals surface area contributed by atoms with Crippen LogP contribution < -0.4 is 10.6 Å². The molecule has 0 heterocycles. The molecule has 0 unspecified atom stereocenters. The summed E-state index contributed by atoms with van der Waals surface area (Å²) in [6, 6.07) is 16.2. The molecule has 0 aliphatic carbocycles. The van der Waals surface area contributed by atoms with E-state index in [1.54, 1.807) is 24.3 Å². The van der Waals surface area contributed by atoms with Crippen LogP contribution in [0.1, 0.15) is 114 Å². The number of hydrogen-bond donors (Lipinski definition) is 4. The molecule has 0 radical (unpaired) electrons. The Morgan fingerprint density at radius 2 is 1.07 bits per heavy atom. The lowest BCUT2D eigenvalue weighted by atomic mass is 9.78. The molecule has 0 aromatic heterocycles.